The summed E-state index contributed by atoms with van der Waals surface area (Å²) in [5.41, 5.74) is 6.74. The van der Waals surface area contributed by atoms with E-state index in [0.29, 0.717) is 12.5 Å². The topological polar surface area (TPSA) is 81.1 Å². The molecule has 2 rings (SSSR count). The number of rotatable bonds is 3. The van der Waals surface area contributed by atoms with Gasteiger partial charge in [-0.25, -0.2) is 4.99 Å². The Bertz CT molecular complexity index is 579. The molecule has 1 aromatic heterocycles. The van der Waals surface area contributed by atoms with Crippen LogP contribution >= 0.6 is 0 Å². The zero-order valence-electron chi connectivity index (χ0n) is 12.0. The van der Waals surface area contributed by atoms with Gasteiger partial charge in [0.15, 0.2) is 11.8 Å². The van der Waals surface area contributed by atoms with Crippen molar-refractivity contribution in [3.63, 3.8) is 0 Å². The molecule has 0 aliphatic carbocycles. The third kappa shape index (κ3) is 3.81. The number of nitrogens with two attached hydrogens (primary N) is 1. The van der Waals surface area contributed by atoms with E-state index in [1.54, 1.807) is 6.33 Å². The number of guanidine groups is 1. The molecule has 0 aliphatic rings. The predicted molar refractivity (Wildman–Crippen MR) is 79.6 cm³/mol. The SMILES string of the molecule is CC(C)(C)NC(N)=NCc1nncn1-c1ccccc1. The van der Waals surface area contributed by atoms with Gasteiger partial charge in [-0.3, -0.25) is 4.57 Å². The summed E-state index contributed by atoms with van der Waals surface area (Å²) in [5.74, 6) is 1.15. The van der Waals surface area contributed by atoms with E-state index in [2.05, 4.69) is 20.5 Å². The highest BCUT2D eigenvalue weighted by Crippen LogP contribution is 2.09. The van der Waals surface area contributed by atoms with Crippen LogP contribution in [-0.2, 0) is 6.54 Å². The van der Waals surface area contributed by atoms with Crippen LogP contribution in [0.2, 0.25) is 0 Å². The van der Waals surface area contributed by atoms with E-state index in [1.165, 1.54) is 0 Å². The number of aromatic nitrogens is 3. The maximum Gasteiger partial charge on any atom is 0.189 e. The van der Waals surface area contributed by atoms with E-state index in [9.17, 15) is 0 Å². The van der Waals surface area contributed by atoms with E-state index >= 15 is 0 Å². The van der Waals surface area contributed by atoms with Crippen LogP contribution in [0.15, 0.2) is 41.7 Å². The van der Waals surface area contributed by atoms with Crippen LogP contribution in [-0.4, -0.2) is 26.3 Å². The number of nitrogens with zero attached hydrogens (tertiary/aromatic N) is 4. The first-order valence-electron chi connectivity index (χ1n) is 6.48. The van der Waals surface area contributed by atoms with Crippen molar-refractivity contribution in [2.24, 2.45) is 10.7 Å². The van der Waals surface area contributed by atoms with E-state index < -0.39 is 0 Å². The van der Waals surface area contributed by atoms with Crippen molar-refractivity contribution in [3.05, 3.63) is 42.5 Å². The maximum atomic E-state index is 5.85. The summed E-state index contributed by atoms with van der Waals surface area (Å²) in [4.78, 5) is 4.30. The zero-order chi connectivity index (χ0) is 14.6. The number of nitrogens with one attached hydrogen (secondary N) is 1. The van der Waals surface area contributed by atoms with Gasteiger partial charge in [0.05, 0.1) is 0 Å². The van der Waals surface area contributed by atoms with Crippen molar-refractivity contribution in [2.45, 2.75) is 32.9 Å². The van der Waals surface area contributed by atoms with Crippen LogP contribution in [0.1, 0.15) is 26.6 Å². The maximum absolute atomic E-state index is 5.85. The first kappa shape index (κ1) is 14.0. The van der Waals surface area contributed by atoms with E-state index in [4.69, 9.17) is 5.73 Å². The first-order chi connectivity index (χ1) is 9.46. The van der Waals surface area contributed by atoms with Crippen molar-refractivity contribution in [1.82, 2.24) is 20.1 Å². The van der Waals surface area contributed by atoms with Gasteiger partial charge in [0.2, 0.25) is 0 Å². The molecule has 0 fully saturated rings. The molecular weight excluding hydrogens is 252 g/mol. The molecule has 6 nitrogen and oxygen atoms in total. The average molecular weight is 272 g/mol. The van der Waals surface area contributed by atoms with Crippen LogP contribution in [0.4, 0.5) is 0 Å². The monoisotopic (exact) mass is 272 g/mol. The smallest absolute Gasteiger partial charge is 0.189 e. The highest BCUT2D eigenvalue weighted by molar-refractivity contribution is 5.78. The van der Waals surface area contributed by atoms with Gasteiger partial charge in [-0.05, 0) is 32.9 Å². The summed E-state index contributed by atoms with van der Waals surface area (Å²) in [6, 6.07) is 9.90. The standard InChI is InChI=1S/C14H20N6/c1-14(2,3)18-13(15)16-9-12-19-17-10-20(12)11-7-5-4-6-8-11/h4-8,10H,9H2,1-3H3,(H3,15,16,18). The largest absolute Gasteiger partial charge is 0.370 e. The summed E-state index contributed by atoms with van der Waals surface area (Å²) in [6.07, 6.45) is 1.67. The molecule has 0 saturated carbocycles. The molecule has 0 amide bonds. The summed E-state index contributed by atoms with van der Waals surface area (Å²) in [6.45, 7) is 6.47. The minimum absolute atomic E-state index is 0.110. The van der Waals surface area contributed by atoms with Gasteiger partial charge in [-0.2, -0.15) is 0 Å². The fraction of sp³-hybridized carbons (Fsp3) is 0.357. The third-order valence-corrected chi connectivity index (χ3v) is 2.55. The molecule has 3 N–H and O–H groups in total. The molecular formula is C14H20N6. The molecule has 1 aromatic carbocycles. The van der Waals surface area contributed by atoms with Gasteiger partial charge in [-0.1, -0.05) is 18.2 Å². The molecule has 6 heteroatoms. The molecule has 0 unspecified atom stereocenters. The Labute approximate surface area is 118 Å². The molecule has 0 radical (unpaired) electrons. The van der Waals surface area contributed by atoms with Gasteiger partial charge in [0.25, 0.3) is 0 Å². The lowest BCUT2D eigenvalue weighted by Gasteiger charge is -2.20. The number of hydrogen-bond acceptors (Lipinski definition) is 3. The van der Waals surface area contributed by atoms with Gasteiger partial charge in [0.1, 0.15) is 12.9 Å². The second-order valence-electron chi connectivity index (χ2n) is 5.53. The predicted octanol–water partition coefficient (Wildman–Crippen LogP) is 1.47. The lowest BCUT2D eigenvalue weighted by atomic mass is 10.1. The molecule has 0 atom stereocenters. The Morgan fingerprint density at radius 2 is 2.00 bits per heavy atom. The lowest BCUT2D eigenvalue weighted by molar-refractivity contribution is 0.508. The summed E-state index contributed by atoms with van der Waals surface area (Å²) in [7, 11) is 0. The highest BCUT2D eigenvalue weighted by atomic mass is 15.3. The van der Waals surface area contributed by atoms with Crippen molar-refractivity contribution in [3.8, 4) is 5.69 Å². The molecule has 0 saturated heterocycles. The van der Waals surface area contributed by atoms with E-state index in [0.717, 1.165) is 11.5 Å². The molecule has 0 aliphatic heterocycles. The minimum Gasteiger partial charge on any atom is -0.370 e. The second-order valence-corrected chi connectivity index (χ2v) is 5.53. The normalized spacial score (nSPS) is 12.4. The Morgan fingerprint density at radius 3 is 2.65 bits per heavy atom. The fourth-order valence-electron chi connectivity index (χ4n) is 1.75. The highest BCUT2D eigenvalue weighted by Gasteiger charge is 2.10. The van der Waals surface area contributed by atoms with Gasteiger partial charge in [-0.15, -0.1) is 10.2 Å². The molecule has 106 valence electrons. The van der Waals surface area contributed by atoms with Crippen LogP contribution in [0, 0.1) is 0 Å². The average Bonchev–Trinajstić information content (AvgIpc) is 2.83. The van der Waals surface area contributed by atoms with Crippen LogP contribution in [0.5, 0.6) is 0 Å². The molecule has 0 bridgehead atoms. The first-order valence-corrected chi connectivity index (χ1v) is 6.48. The van der Waals surface area contributed by atoms with Crippen molar-refractivity contribution in [1.29, 1.82) is 0 Å². The Hall–Kier alpha value is -2.37. The zero-order valence-corrected chi connectivity index (χ0v) is 12.0. The third-order valence-electron chi connectivity index (χ3n) is 2.55. The summed E-state index contributed by atoms with van der Waals surface area (Å²) < 4.78 is 1.90. The van der Waals surface area contributed by atoms with Crippen LogP contribution < -0.4 is 11.1 Å². The van der Waals surface area contributed by atoms with E-state index in [-0.39, 0.29) is 5.54 Å². The van der Waals surface area contributed by atoms with Gasteiger partial charge in [0, 0.05) is 11.2 Å². The van der Waals surface area contributed by atoms with Crippen LogP contribution in [0.3, 0.4) is 0 Å². The lowest BCUT2D eigenvalue weighted by Crippen LogP contribution is -2.45. The molecule has 2 aromatic rings. The van der Waals surface area contributed by atoms with Crippen LogP contribution in [0.25, 0.3) is 5.69 Å². The van der Waals surface area contributed by atoms with Gasteiger partial charge < -0.3 is 11.1 Å². The summed E-state index contributed by atoms with van der Waals surface area (Å²) >= 11 is 0. The molecule has 0 spiro atoms. The number of benzene rings is 1. The minimum atomic E-state index is -0.110. The van der Waals surface area contributed by atoms with Crippen molar-refractivity contribution in [2.75, 3.05) is 0 Å². The Kier molecular flexibility index (Phi) is 4.02. The van der Waals surface area contributed by atoms with Gasteiger partial charge >= 0.3 is 0 Å². The van der Waals surface area contributed by atoms with Crippen molar-refractivity contribution >= 4 is 5.96 Å². The number of aliphatic imine (C=N–C) groups is 1. The Balaban J connectivity index is 2.12. The molecule has 20 heavy (non-hydrogen) atoms. The second kappa shape index (κ2) is 5.73. The fourth-order valence-corrected chi connectivity index (χ4v) is 1.75. The number of para-hydroxylation sites is 1. The van der Waals surface area contributed by atoms with Crippen molar-refractivity contribution < 1.29 is 0 Å². The Morgan fingerprint density at radius 1 is 1.30 bits per heavy atom. The van der Waals surface area contributed by atoms with E-state index in [1.807, 2.05) is 55.7 Å². The number of hydrogen-bond donors (Lipinski definition) is 2. The quantitative estimate of drug-likeness (QED) is 0.655. The summed E-state index contributed by atoms with van der Waals surface area (Å²) in [5, 5.41) is 11.1. The molecule has 1 heterocycles.